The zero-order chi connectivity index (χ0) is 14.3. The summed E-state index contributed by atoms with van der Waals surface area (Å²) in [5.74, 6) is 0.586. The average Bonchev–Trinajstić information content (AvgIpc) is 2.42. The van der Waals surface area contributed by atoms with Crippen LogP contribution >= 0.6 is 0 Å². The van der Waals surface area contributed by atoms with E-state index in [0.29, 0.717) is 0 Å². The molecule has 0 saturated carbocycles. The fraction of sp³-hybridized carbons (Fsp3) is 0.647. The Morgan fingerprint density at radius 3 is 2.58 bits per heavy atom. The number of hydrogen-bond acceptors (Lipinski definition) is 1. The molecule has 0 aliphatic carbocycles. The summed E-state index contributed by atoms with van der Waals surface area (Å²) in [6, 6.07) is 5.36. The molecule has 2 atom stereocenters. The molecule has 1 nitrogen and oxygen atoms in total. The van der Waals surface area contributed by atoms with Crippen molar-refractivity contribution in [3.63, 3.8) is 0 Å². The van der Waals surface area contributed by atoms with Crippen molar-refractivity contribution in [2.45, 2.75) is 58.9 Å². The number of nitrogens with one attached hydrogen (secondary N) is 1. The Hall–Kier alpha value is -0.890. The number of hydrogen-bond donors (Lipinski definition) is 1. The van der Waals surface area contributed by atoms with E-state index in [1.54, 1.807) is 12.1 Å². The summed E-state index contributed by atoms with van der Waals surface area (Å²) in [5.41, 5.74) is 2.28. The highest BCUT2D eigenvalue weighted by Crippen LogP contribution is 2.28. The van der Waals surface area contributed by atoms with Crippen molar-refractivity contribution in [1.29, 1.82) is 0 Å². The molecule has 0 aliphatic heterocycles. The van der Waals surface area contributed by atoms with E-state index >= 15 is 0 Å². The first kappa shape index (κ1) is 16.2. The monoisotopic (exact) mass is 265 g/mol. The van der Waals surface area contributed by atoms with E-state index in [4.69, 9.17) is 0 Å². The molecule has 0 spiro atoms. The van der Waals surface area contributed by atoms with Gasteiger partial charge in [0.05, 0.1) is 0 Å². The highest BCUT2D eigenvalue weighted by atomic mass is 19.1. The summed E-state index contributed by atoms with van der Waals surface area (Å²) in [4.78, 5) is 0. The Kier molecular flexibility index (Phi) is 7.07. The second-order valence-corrected chi connectivity index (χ2v) is 5.49. The molecule has 1 aromatic carbocycles. The Labute approximate surface area is 117 Å². The largest absolute Gasteiger partial charge is 0.313 e. The van der Waals surface area contributed by atoms with Gasteiger partial charge in [0.25, 0.3) is 0 Å². The van der Waals surface area contributed by atoms with Gasteiger partial charge in [-0.3, -0.25) is 0 Å². The van der Waals surface area contributed by atoms with Gasteiger partial charge < -0.3 is 5.32 Å². The highest BCUT2D eigenvalue weighted by Gasteiger charge is 2.17. The van der Waals surface area contributed by atoms with Gasteiger partial charge in [-0.15, -0.1) is 0 Å². The van der Waals surface area contributed by atoms with Crippen molar-refractivity contribution in [3.8, 4) is 0 Å². The lowest BCUT2D eigenvalue weighted by Crippen LogP contribution is -2.21. The summed E-state index contributed by atoms with van der Waals surface area (Å²) < 4.78 is 13.4. The molecule has 108 valence electrons. The Morgan fingerprint density at radius 2 is 2.00 bits per heavy atom. The molecule has 0 aliphatic rings. The minimum absolute atomic E-state index is 0.137. The topological polar surface area (TPSA) is 12.0 Å². The van der Waals surface area contributed by atoms with Gasteiger partial charge in [-0.1, -0.05) is 45.6 Å². The predicted octanol–water partition coefficient (Wildman–Crippen LogP) is 5.00. The van der Waals surface area contributed by atoms with E-state index in [1.165, 1.54) is 31.2 Å². The maximum atomic E-state index is 13.4. The first-order valence-corrected chi connectivity index (χ1v) is 7.55. The number of halogens is 1. The van der Waals surface area contributed by atoms with Crippen LogP contribution in [-0.2, 0) is 0 Å². The second-order valence-electron chi connectivity index (χ2n) is 5.49. The summed E-state index contributed by atoms with van der Waals surface area (Å²) >= 11 is 0. The zero-order valence-electron chi connectivity index (χ0n) is 12.8. The molecule has 0 radical (unpaired) electrons. The lowest BCUT2D eigenvalue weighted by Gasteiger charge is -2.24. The van der Waals surface area contributed by atoms with Gasteiger partial charge in [0.2, 0.25) is 0 Å². The van der Waals surface area contributed by atoms with E-state index in [0.717, 1.165) is 17.9 Å². The van der Waals surface area contributed by atoms with Gasteiger partial charge in [0.1, 0.15) is 5.82 Å². The van der Waals surface area contributed by atoms with Gasteiger partial charge in [0, 0.05) is 6.04 Å². The van der Waals surface area contributed by atoms with Crippen LogP contribution in [0.2, 0.25) is 0 Å². The second kappa shape index (κ2) is 8.31. The molecule has 1 N–H and O–H groups in total. The van der Waals surface area contributed by atoms with Gasteiger partial charge in [0.15, 0.2) is 0 Å². The van der Waals surface area contributed by atoms with E-state index in [1.807, 2.05) is 13.1 Å². The molecule has 2 unspecified atom stereocenters. The van der Waals surface area contributed by atoms with E-state index in [-0.39, 0.29) is 11.9 Å². The fourth-order valence-corrected chi connectivity index (χ4v) is 2.70. The lowest BCUT2D eigenvalue weighted by molar-refractivity contribution is 0.363. The maximum absolute atomic E-state index is 13.4. The third-order valence-electron chi connectivity index (χ3n) is 4.08. The quantitative estimate of drug-likeness (QED) is 0.697. The maximum Gasteiger partial charge on any atom is 0.123 e. The van der Waals surface area contributed by atoms with E-state index in [2.05, 4.69) is 26.1 Å². The van der Waals surface area contributed by atoms with Crippen LogP contribution in [0.25, 0.3) is 0 Å². The molecule has 2 heteroatoms. The smallest absolute Gasteiger partial charge is 0.123 e. The van der Waals surface area contributed by atoms with Crippen LogP contribution in [0, 0.1) is 18.7 Å². The molecule has 19 heavy (non-hydrogen) atoms. The first-order valence-electron chi connectivity index (χ1n) is 7.55. The predicted molar refractivity (Wildman–Crippen MR) is 80.9 cm³/mol. The van der Waals surface area contributed by atoms with Crippen LogP contribution in [0.1, 0.15) is 63.1 Å². The molecule has 0 bridgehead atoms. The minimum Gasteiger partial charge on any atom is -0.313 e. The number of rotatable bonds is 8. The lowest BCUT2D eigenvalue weighted by atomic mass is 9.88. The van der Waals surface area contributed by atoms with Crippen LogP contribution in [0.3, 0.4) is 0 Å². The third kappa shape index (κ3) is 4.94. The minimum atomic E-state index is -0.137. The van der Waals surface area contributed by atoms with Crippen molar-refractivity contribution in [2.75, 3.05) is 7.05 Å². The summed E-state index contributed by atoms with van der Waals surface area (Å²) in [5, 5.41) is 3.36. The zero-order valence-corrected chi connectivity index (χ0v) is 12.8. The van der Waals surface area contributed by atoms with Crippen molar-refractivity contribution in [1.82, 2.24) is 5.32 Å². The van der Waals surface area contributed by atoms with Crippen molar-refractivity contribution in [2.24, 2.45) is 5.92 Å². The van der Waals surface area contributed by atoms with Crippen LogP contribution in [-0.4, -0.2) is 7.05 Å². The number of unbranched alkanes of at least 4 members (excludes halogenated alkanes) is 1. The van der Waals surface area contributed by atoms with Gasteiger partial charge in [-0.05, 0) is 49.6 Å². The summed E-state index contributed by atoms with van der Waals surface area (Å²) in [6.07, 6.45) is 6.11. The molecule has 0 fully saturated rings. The Balaban J connectivity index is 2.78. The van der Waals surface area contributed by atoms with Crippen LogP contribution < -0.4 is 5.32 Å². The molecule has 0 amide bonds. The van der Waals surface area contributed by atoms with Crippen molar-refractivity contribution in [3.05, 3.63) is 35.1 Å². The molecule has 0 saturated heterocycles. The average molecular weight is 265 g/mol. The van der Waals surface area contributed by atoms with Gasteiger partial charge in [-0.2, -0.15) is 0 Å². The Bertz CT molecular complexity index is 376. The Morgan fingerprint density at radius 1 is 1.26 bits per heavy atom. The third-order valence-corrected chi connectivity index (χ3v) is 4.08. The highest BCUT2D eigenvalue weighted by molar-refractivity contribution is 5.29. The number of benzene rings is 1. The standard InChI is InChI=1S/C17H28FN/c1-5-7-8-14(6-2)11-17(19-4)16-12-15(18)10-9-13(16)3/h9-10,12,14,17,19H,5-8,11H2,1-4H3. The molecule has 1 aromatic rings. The van der Waals surface area contributed by atoms with E-state index in [9.17, 15) is 4.39 Å². The van der Waals surface area contributed by atoms with Gasteiger partial charge in [-0.25, -0.2) is 4.39 Å². The van der Waals surface area contributed by atoms with Gasteiger partial charge >= 0.3 is 0 Å². The SMILES string of the molecule is CCCCC(CC)CC(NC)c1cc(F)ccc1C. The first-order chi connectivity index (χ1) is 9.12. The van der Waals surface area contributed by atoms with Crippen molar-refractivity contribution >= 4 is 0 Å². The van der Waals surface area contributed by atoms with Crippen molar-refractivity contribution < 1.29 is 4.39 Å². The number of aryl methyl sites for hydroxylation is 1. The van der Waals surface area contributed by atoms with Crippen LogP contribution in [0.15, 0.2) is 18.2 Å². The summed E-state index contributed by atoms with van der Waals surface area (Å²) in [7, 11) is 1.97. The molecule has 1 rings (SSSR count). The normalized spacial score (nSPS) is 14.4. The fourth-order valence-electron chi connectivity index (χ4n) is 2.70. The molecular weight excluding hydrogens is 237 g/mol. The van der Waals surface area contributed by atoms with E-state index < -0.39 is 0 Å². The molecular formula is C17H28FN. The molecule has 0 aromatic heterocycles. The van der Waals surface area contributed by atoms with Crippen LogP contribution in [0.4, 0.5) is 4.39 Å². The van der Waals surface area contributed by atoms with Crippen LogP contribution in [0.5, 0.6) is 0 Å². The summed E-state index contributed by atoms with van der Waals surface area (Å²) in [6.45, 7) is 6.55. The molecule has 0 heterocycles.